The standard InChI is InChI=1S/C26H34BrN3O5S/c1-19(26(32)28-22-9-5-4-6-10-22)29(17-20-12-14-24(35-2)15-13-20)25(31)18-30(36(3,33)34)23-11-7-8-21(27)16-23/h7-8,11-16,19,22H,4-6,9-10,17-18H2,1-3H3,(H,28,32)/t19-/m0/s1. The molecule has 8 nitrogen and oxygen atoms in total. The van der Waals surface area contributed by atoms with E-state index in [-0.39, 0.29) is 18.5 Å². The molecule has 3 rings (SSSR count). The van der Waals surface area contributed by atoms with Crippen LogP contribution in [0.25, 0.3) is 0 Å². The van der Waals surface area contributed by atoms with Gasteiger partial charge in [0, 0.05) is 17.1 Å². The first-order valence-electron chi connectivity index (χ1n) is 12.0. The molecule has 0 aliphatic heterocycles. The highest BCUT2D eigenvalue weighted by molar-refractivity contribution is 9.10. The molecule has 0 aromatic heterocycles. The second-order valence-electron chi connectivity index (χ2n) is 9.14. The van der Waals surface area contributed by atoms with Crippen LogP contribution in [0.2, 0.25) is 0 Å². The van der Waals surface area contributed by atoms with Gasteiger partial charge in [-0.3, -0.25) is 13.9 Å². The third-order valence-corrected chi connectivity index (χ3v) is 8.04. The zero-order valence-corrected chi connectivity index (χ0v) is 23.3. The van der Waals surface area contributed by atoms with Crippen LogP contribution < -0.4 is 14.4 Å². The van der Waals surface area contributed by atoms with Crippen molar-refractivity contribution in [1.29, 1.82) is 0 Å². The van der Waals surface area contributed by atoms with Crippen LogP contribution in [0.3, 0.4) is 0 Å². The molecule has 0 heterocycles. The molecule has 0 unspecified atom stereocenters. The first-order chi connectivity index (χ1) is 17.1. The maximum absolute atomic E-state index is 13.6. The predicted octanol–water partition coefficient (Wildman–Crippen LogP) is 4.09. The number of ether oxygens (including phenoxy) is 1. The Morgan fingerprint density at radius 3 is 2.36 bits per heavy atom. The van der Waals surface area contributed by atoms with E-state index in [1.807, 2.05) is 12.1 Å². The van der Waals surface area contributed by atoms with Gasteiger partial charge in [-0.1, -0.05) is 53.4 Å². The van der Waals surface area contributed by atoms with Crippen molar-refractivity contribution in [3.8, 4) is 5.75 Å². The zero-order chi connectivity index (χ0) is 26.3. The summed E-state index contributed by atoms with van der Waals surface area (Å²) < 4.78 is 32.3. The molecule has 0 saturated heterocycles. The van der Waals surface area contributed by atoms with Gasteiger partial charge < -0.3 is 15.0 Å². The summed E-state index contributed by atoms with van der Waals surface area (Å²) in [6.45, 7) is 1.41. The molecule has 1 aliphatic carbocycles. The normalized spacial score (nSPS) is 15.1. The number of rotatable bonds is 10. The van der Waals surface area contributed by atoms with E-state index in [1.165, 1.54) is 11.3 Å². The number of anilines is 1. The Morgan fingerprint density at radius 1 is 1.11 bits per heavy atom. The van der Waals surface area contributed by atoms with E-state index >= 15 is 0 Å². The van der Waals surface area contributed by atoms with E-state index in [2.05, 4.69) is 21.2 Å². The van der Waals surface area contributed by atoms with Crippen molar-refractivity contribution in [3.05, 3.63) is 58.6 Å². The number of carbonyl (C=O) groups is 2. The van der Waals surface area contributed by atoms with Gasteiger partial charge in [-0.25, -0.2) is 8.42 Å². The molecule has 36 heavy (non-hydrogen) atoms. The molecule has 1 atom stereocenters. The molecule has 2 aromatic carbocycles. The van der Waals surface area contributed by atoms with Gasteiger partial charge in [-0.15, -0.1) is 0 Å². The molecule has 1 fully saturated rings. The van der Waals surface area contributed by atoms with E-state index in [1.54, 1.807) is 50.4 Å². The first-order valence-corrected chi connectivity index (χ1v) is 14.7. The summed E-state index contributed by atoms with van der Waals surface area (Å²) in [5.41, 5.74) is 1.17. The number of nitrogens with one attached hydrogen (secondary N) is 1. The minimum atomic E-state index is -3.77. The van der Waals surface area contributed by atoms with Gasteiger partial charge in [0.1, 0.15) is 18.3 Å². The molecule has 0 spiro atoms. The number of nitrogens with zero attached hydrogens (tertiary/aromatic N) is 2. The minimum Gasteiger partial charge on any atom is -0.497 e. The second-order valence-corrected chi connectivity index (χ2v) is 12.0. The van der Waals surface area contributed by atoms with Crippen molar-refractivity contribution in [2.75, 3.05) is 24.2 Å². The zero-order valence-electron chi connectivity index (χ0n) is 20.9. The fraction of sp³-hybridized carbons (Fsp3) is 0.462. The number of methoxy groups -OCH3 is 1. The van der Waals surface area contributed by atoms with Crippen LogP contribution in [0.5, 0.6) is 5.75 Å². The van der Waals surface area contributed by atoms with Crippen molar-refractivity contribution in [2.45, 2.75) is 57.7 Å². The Kier molecular flexibility index (Phi) is 9.78. The second kappa shape index (κ2) is 12.6. The van der Waals surface area contributed by atoms with E-state index in [9.17, 15) is 18.0 Å². The Bertz CT molecular complexity index is 1150. The lowest BCUT2D eigenvalue weighted by Gasteiger charge is -2.33. The lowest BCUT2D eigenvalue weighted by atomic mass is 9.95. The highest BCUT2D eigenvalue weighted by atomic mass is 79.9. The van der Waals surface area contributed by atoms with Gasteiger partial charge in [0.25, 0.3) is 0 Å². The molecule has 196 valence electrons. The largest absolute Gasteiger partial charge is 0.497 e. The highest BCUT2D eigenvalue weighted by Crippen LogP contribution is 2.23. The molecule has 1 saturated carbocycles. The fourth-order valence-corrected chi connectivity index (χ4v) is 5.55. The summed E-state index contributed by atoms with van der Waals surface area (Å²) in [6, 6.07) is 13.3. The van der Waals surface area contributed by atoms with Crippen molar-refractivity contribution >= 4 is 43.5 Å². The predicted molar refractivity (Wildman–Crippen MR) is 144 cm³/mol. The quantitative estimate of drug-likeness (QED) is 0.457. The van der Waals surface area contributed by atoms with Gasteiger partial charge in [0.2, 0.25) is 21.8 Å². The summed E-state index contributed by atoms with van der Waals surface area (Å²) in [4.78, 5) is 28.3. The van der Waals surface area contributed by atoms with Crippen LogP contribution in [-0.2, 0) is 26.2 Å². The van der Waals surface area contributed by atoms with Crippen LogP contribution in [0.15, 0.2) is 53.0 Å². The molecule has 10 heteroatoms. The van der Waals surface area contributed by atoms with E-state index in [4.69, 9.17) is 4.74 Å². The van der Waals surface area contributed by atoms with Crippen LogP contribution in [0.1, 0.15) is 44.6 Å². The van der Waals surface area contributed by atoms with Gasteiger partial charge in [-0.2, -0.15) is 0 Å². The van der Waals surface area contributed by atoms with Crippen molar-refractivity contribution in [1.82, 2.24) is 10.2 Å². The van der Waals surface area contributed by atoms with Crippen LogP contribution >= 0.6 is 15.9 Å². The molecule has 1 aliphatic rings. The number of carbonyl (C=O) groups excluding carboxylic acids is 2. The average Bonchev–Trinajstić information content (AvgIpc) is 2.85. The number of sulfonamides is 1. The fourth-order valence-electron chi connectivity index (χ4n) is 4.32. The van der Waals surface area contributed by atoms with Crippen molar-refractivity contribution < 1.29 is 22.7 Å². The lowest BCUT2D eigenvalue weighted by Crippen LogP contribution is -2.52. The van der Waals surface area contributed by atoms with E-state index < -0.39 is 28.5 Å². The number of halogens is 1. The molecular formula is C26H34BrN3O5S. The van der Waals surface area contributed by atoms with Gasteiger partial charge in [0.05, 0.1) is 19.1 Å². The molecule has 2 amide bonds. The van der Waals surface area contributed by atoms with Crippen LogP contribution in [-0.4, -0.2) is 57.1 Å². The van der Waals surface area contributed by atoms with Crippen LogP contribution in [0.4, 0.5) is 5.69 Å². The molecule has 1 N–H and O–H groups in total. The number of hydrogen-bond donors (Lipinski definition) is 1. The topological polar surface area (TPSA) is 96.0 Å². The van der Waals surface area contributed by atoms with Crippen molar-refractivity contribution in [3.63, 3.8) is 0 Å². The Hall–Kier alpha value is -2.59. The van der Waals surface area contributed by atoms with Crippen molar-refractivity contribution in [2.24, 2.45) is 0 Å². The first kappa shape index (κ1) is 28.0. The summed E-state index contributed by atoms with van der Waals surface area (Å²) in [6.07, 6.45) is 6.23. The van der Waals surface area contributed by atoms with E-state index in [0.717, 1.165) is 41.8 Å². The number of benzene rings is 2. The van der Waals surface area contributed by atoms with Gasteiger partial charge in [-0.05, 0) is 55.7 Å². The SMILES string of the molecule is COc1ccc(CN(C(=O)CN(c2cccc(Br)c2)S(C)(=O)=O)[C@@H](C)C(=O)NC2CCCCC2)cc1. The highest BCUT2D eigenvalue weighted by Gasteiger charge is 2.31. The molecule has 0 bridgehead atoms. The Morgan fingerprint density at radius 2 is 1.78 bits per heavy atom. The molecular weight excluding hydrogens is 546 g/mol. The maximum atomic E-state index is 13.6. The monoisotopic (exact) mass is 579 g/mol. The maximum Gasteiger partial charge on any atom is 0.244 e. The number of hydrogen-bond acceptors (Lipinski definition) is 5. The minimum absolute atomic E-state index is 0.0980. The Labute approximate surface area is 222 Å². The summed E-state index contributed by atoms with van der Waals surface area (Å²) in [7, 11) is -2.19. The average molecular weight is 581 g/mol. The molecule has 0 radical (unpaired) electrons. The summed E-state index contributed by atoms with van der Waals surface area (Å²) in [5.74, 6) is -0.0303. The van der Waals surface area contributed by atoms with E-state index in [0.29, 0.717) is 15.9 Å². The molecule has 2 aromatic rings. The third-order valence-electron chi connectivity index (χ3n) is 6.41. The van der Waals surface area contributed by atoms with Gasteiger partial charge >= 0.3 is 0 Å². The third kappa shape index (κ3) is 7.70. The Balaban J connectivity index is 1.86. The number of amides is 2. The summed E-state index contributed by atoms with van der Waals surface area (Å²) in [5, 5.41) is 3.09. The van der Waals surface area contributed by atoms with Crippen LogP contribution in [0, 0.1) is 0 Å². The summed E-state index contributed by atoms with van der Waals surface area (Å²) >= 11 is 3.36. The smallest absolute Gasteiger partial charge is 0.244 e. The van der Waals surface area contributed by atoms with Gasteiger partial charge in [0.15, 0.2) is 0 Å². The lowest BCUT2D eigenvalue weighted by molar-refractivity contribution is -0.139.